The average molecular weight is 269 g/mol. The molecule has 2 N–H and O–H groups in total. The van der Waals surface area contributed by atoms with E-state index in [1.54, 1.807) is 0 Å². The molecule has 4 heteroatoms. The summed E-state index contributed by atoms with van der Waals surface area (Å²) < 4.78 is 0. The van der Waals surface area contributed by atoms with Gasteiger partial charge in [0.25, 0.3) is 0 Å². The third-order valence-electron chi connectivity index (χ3n) is 4.10. The molecule has 1 heterocycles. The molecule has 0 aromatic rings. The van der Waals surface area contributed by atoms with Crippen LogP contribution >= 0.6 is 0 Å². The number of hydrogen-bond acceptors (Lipinski definition) is 3. The van der Waals surface area contributed by atoms with Crippen LogP contribution in [0.2, 0.25) is 0 Å². The first kappa shape index (κ1) is 16.4. The van der Waals surface area contributed by atoms with E-state index in [1.165, 1.54) is 19.3 Å². The number of nitrogens with zero attached hydrogens (tertiary/aromatic N) is 1. The highest BCUT2D eigenvalue weighted by molar-refractivity contribution is 5.81. The van der Waals surface area contributed by atoms with Gasteiger partial charge in [0.2, 0.25) is 5.91 Å². The molecule has 0 aromatic heterocycles. The van der Waals surface area contributed by atoms with Gasteiger partial charge in [-0.25, -0.2) is 0 Å². The molecular formula is C15H31N3O. The smallest absolute Gasteiger partial charge is 0.237 e. The molecule has 1 aliphatic rings. The molecule has 1 aliphatic heterocycles. The van der Waals surface area contributed by atoms with E-state index in [9.17, 15) is 4.79 Å². The zero-order chi connectivity index (χ0) is 14.3. The summed E-state index contributed by atoms with van der Waals surface area (Å²) in [6.07, 6.45) is 5.86. The zero-order valence-corrected chi connectivity index (χ0v) is 13.0. The van der Waals surface area contributed by atoms with Crippen LogP contribution in [0.1, 0.15) is 52.9 Å². The number of nitrogens with one attached hydrogen (secondary N) is 2. The molecule has 0 aromatic carbocycles. The van der Waals surface area contributed by atoms with Gasteiger partial charge in [-0.3, -0.25) is 9.69 Å². The average Bonchev–Trinajstić information content (AvgIpc) is 2.39. The Balaban J connectivity index is 2.52. The van der Waals surface area contributed by atoms with Gasteiger partial charge in [0.15, 0.2) is 0 Å². The standard InChI is InChI=1S/C15H31N3O/c1-5-8-12(2)17-15(19)13(3)18-10-7-6-9-14(18)11-16-4/h12-14,16H,5-11H2,1-4H3,(H,17,19). The van der Waals surface area contributed by atoms with Crippen molar-refractivity contribution in [1.82, 2.24) is 15.5 Å². The first-order valence-electron chi connectivity index (χ1n) is 7.80. The number of amides is 1. The Hall–Kier alpha value is -0.610. The summed E-state index contributed by atoms with van der Waals surface area (Å²) in [5, 5.41) is 6.39. The summed E-state index contributed by atoms with van der Waals surface area (Å²) in [6, 6.07) is 0.770. The number of carbonyl (C=O) groups excluding carboxylic acids is 1. The number of rotatable bonds is 7. The maximum atomic E-state index is 12.3. The predicted octanol–water partition coefficient (Wildman–Crippen LogP) is 1.75. The maximum absolute atomic E-state index is 12.3. The van der Waals surface area contributed by atoms with Crippen molar-refractivity contribution in [2.24, 2.45) is 0 Å². The fourth-order valence-corrected chi connectivity index (χ4v) is 3.01. The number of carbonyl (C=O) groups is 1. The van der Waals surface area contributed by atoms with Crippen LogP contribution in [0.15, 0.2) is 0 Å². The Morgan fingerprint density at radius 2 is 2.11 bits per heavy atom. The second kappa shape index (κ2) is 8.54. The van der Waals surface area contributed by atoms with E-state index in [0.717, 1.165) is 25.9 Å². The van der Waals surface area contributed by atoms with Crippen molar-refractivity contribution in [3.05, 3.63) is 0 Å². The molecule has 3 unspecified atom stereocenters. The van der Waals surface area contributed by atoms with Gasteiger partial charge in [-0.05, 0) is 46.7 Å². The molecular weight excluding hydrogens is 238 g/mol. The van der Waals surface area contributed by atoms with Gasteiger partial charge in [0.1, 0.15) is 0 Å². The van der Waals surface area contributed by atoms with Gasteiger partial charge in [-0.2, -0.15) is 0 Å². The highest BCUT2D eigenvalue weighted by atomic mass is 16.2. The van der Waals surface area contributed by atoms with Crippen LogP contribution in [0, 0.1) is 0 Å². The molecule has 1 amide bonds. The molecule has 0 radical (unpaired) electrons. The van der Waals surface area contributed by atoms with Gasteiger partial charge < -0.3 is 10.6 Å². The molecule has 1 fully saturated rings. The first-order valence-corrected chi connectivity index (χ1v) is 7.80. The van der Waals surface area contributed by atoms with Gasteiger partial charge in [-0.15, -0.1) is 0 Å². The van der Waals surface area contributed by atoms with Crippen LogP contribution in [0.3, 0.4) is 0 Å². The summed E-state index contributed by atoms with van der Waals surface area (Å²) in [5.74, 6) is 0.184. The summed E-state index contributed by atoms with van der Waals surface area (Å²) >= 11 is 0. The zero-order valence-electron chi connectivity index (χ0n) is 13.0. The highest BCUT2D eigenvalue weighted by Gasteiger charge is 2.30. The minimum Gasteiger partial charge on any atom is -0.352 e. The number of likely N-dealkylation sites (tertiary alicyclic amines) is 1. The molecule has 112 valence electrons. The fourth-order valence-electron chi connectivity index (χ4n) is 3.01. The van der Waals surface area contributed by atoms with Gasteiger partial charge in [0.05, 0.1) is 6.04 Å². The van der Waals surface area contributed by atoms with E-state index in [-0.39, 0.29) is 18.0 Å². The second-order valence-corrected chi connectivity index (χ2v) is 5.82. The lowest BCUT2D eigenvalue weighted by molar-refractivity contribution is -0.128. The maximum Gasteiger partial charge on any atom is 0.237 e. The van der Waals surface area contributed by atoms with Crippen molar-refractivity contribution in [3.63, 3.8) is 0 Å². The molecule has 1 saturated heterocycles. The van der Waals surface area contributed by atoms with Crippen molar-refractivity contribution >= 4 is 5.91 Å². The molecule has 0 saturated carbocycles. The van der Waals surface area contributed by atoms with Crippen molar-refractivity contribution in [3.8, 4) is 0 Å². The number of likely N-dealkylation sites (N-methyl/N-ethyl adjacent to an activating group) is 1. The largest absolute Gasteiger partial charge is 0.352 e. The van der Waals surface area contributed by atoms with Gasteiger partial charge >= 0.3 is 0 Å². The van der Waals surface area contributed by atoms with Crippen molar-refractivity contribution in [1.29, 1.82) is 0 Å². The van der Waals surface area contributed by atoms with Crippen LogP contribution in [0.4, 0.5) is 0 Å². The molecule has 19 heavy (non-hydrogen) atoms. The number of hydrogen-bond donors (Lipinski definition) is 2. The third kappa shape index (κ3) is 5.11. The third-order valence-corrected chi connectivity index (χ3v) is 4.10. The summed E-state index contributed by atoms with van der Waals surface area (Å²) in [5.41, 5.74) is 0. The second-order valence-electron chi connectivity index (χ2n) is 5.82. The molecule has 3 atom stereocenters. The Labute approximate surface area is 118 Å². The summed E-state index contributed by atoms with van der Waals surface area (Å²) in [7, 11) is 1.99. The Morgan fingerprint density at radius 3 is 2.74 bits per heavy atom. The van der Waals surface area contributed by atoms with E-state index >= 15 is 0 Å². The fraction of sp³-hybridized carbons (Fsp3) is 0.933. The summed E-state index contributed by atoms with van der Waals surface area (Å²) in [6.45, 7) is 8.31. The van der Waals surface area contributed by atoms with Crippen LogP contribution < -0.4 is 10.6 Å². The quantitative estimate of drug-likeness (QED) is 0.740. The molecule has 4 nitrogen and oxygen atoms in total. The lowest BCUT2D eigenvalue weighted by Gasteiger charge is -2.39. The minimum absolute atomic E-state index is 0.0158. The normalized spacial score (nSPS) is 23.9. The van der Waals surface area contributed by atoms with E-state index in [0.29, 0.717) is 6.04 Å². The molecule has 0 bridgehead atoms. The van der Waals surface area contributed by atoms with Crippen LogP contribution in [0.25, 0.3) is 0 Å². The number of piperidine rings is 1. The van der Waals surface area contributed by atoms with Crippen molar-refractivity contribution < 1.29 is 4.79 Å². The van der Waals surface area contributed by atoms with Gasteiger partial charge in [-0.1, -0.05) is 19.8 Å². The predicted molar refractivity (Wildman–Crippen MR) is 80.2 cm³/mol. The van der Waals surface area contributed by atoms with Gasteiger partial charge in [0, 0.05) is 18.6 Å². The first-order chi connectivity index (χ1) is 9.10. The summed E-state index contributed by atoms with van der Waals surface area (Å²) in [4.78, 5) is 14.7. The Kier molecular flexibility index (Phi) is 7.39. The molecule has 0 aliphatic carbocycles. The van der Waals surface area contributed by atoms with Crippen molar-refractivity contribution in [2.45, 2.75) is 71.0 Å². The monoisotopic (exact) mass is 269 g/mol. The van der Waals surface area contributed by atoms with E-state index in [2.05, 4.69) is 29.4 Å². The SMILES string of the molecule is CCCC(C)NC(=O)C(C)N1CCCCC1CNC. The van der Waals surface area contributed by atoms with Crippen LogP contribution in [-0.4, -0.2) is 49.1 Å². The highest BCUT2D eigenvalue weighted by Crippen LogP contribution is 2.19. The Morgan fingerprint density at radius 1 is 1.37 bits per heavy atom. The molecule has 0 spiro atoms. The molecule has 1 rings (SSSR count). The Bertz CT molecular complexity index is 268. The lowest BCUT2D eigenvalue weighted by Crippen LogP contribution is -2.55. The van der Waals surface area contributed by atoms with Crippen molar-refractivity contribution in [2.75, 3.05) is 20.1 Å². The van der Waals surface area contributed by atoms with E-state index in [4.69, 9.17) is 0 Å². The lowest BCUT2D eigenvalue weighted by atomic mass is 9.99. The van der Waals surface area contributed by atoms with Crippen LogP contribution in [-0.2, 0) is 4.79 Å². The van der Waals surface area contributed by atoms with Crippen LogP contribution in [0.5, 0.6) is 0 Å². The van der Waals surface area contributed by atoms with E-state index < -0.39 is 0 Å². The minimum atomic E-state index is -0.0158. The van der Waals surface area contributed by atoms with E-state index in [1.807, 2.05) is 14.0 Å². The topological polar surface area (TPSA) is 44.4 Å².